The van der Waals surface area contributed by atoms with Gasteiger partial charge in [0.25, 0.3) is 0 Å². The summed E-state index contributed by atoms with van der Waals surface area (Å²) in [7, 11) is 0. The number of carbonyl (C=O) groups is 1. The number of rotatable bonds is 9. The van der Waals surface area contributed by atoms with Crippen molar-refractivity contribution >= 4 is 34.7 Å². The lowest BCUT2D eigenvalue weighted by Crippen LogP contribution is -2.24. The monoisotopic (exact) mass is 473 g/mol. The maximum Gasteiger partial charge on any atom is 0.341 e. The first-order valence-corrected chi connectivity index (χ1v) is 12.0. The molecule has 4 rings (SSSR count). The Morgan fingerprint density at radius 3 is 2.67 bits per heavy atom. The van der Waals surface area contributed by atoms with E-state index in [2.05, 4.69) is 4.90 Å². The van der Waals surface area contributed by atoms with Gasteiger partial charge in [-0.25, -0.2) is 9.18 Å². The highest BCUT2D eigenvalue weighted by Crippen LogP contribution is 2.56. The van der Waals surface area contributed by atoms with E-state index in [9.17, 15) is 23.1 Å². The maximum absolute atomic E-state index is 14.1. The summed E-state index contributed by atoms with van der Waals surface area (Å²) in [4.78, 5) is 14.4. The number of hydrogen-bond donors (Lipinski definition) is 1. The van der Waals surface area contributed by atoms with E-state index in [-0.39, 0.29) is 28.6 Å². The molecule has 7 nitrogen and oxygen atoms in total. The molecule has 2 aromatic carbocycles. The summed E-state index contributed by atoms with van der Waals surface area (Å²) in [5, 5.41) is 9.98. The van der Waals surface area contributed by atoms with Crippen LogP contribution in [0.3, 0.4) is 0 Å². The van der Waals surface area contributed by atoms with Gasteiger partial charge < -0.3 is 19.3 Å². The fourth-order valence-corrected chi connectivity index (χ4v) is 5.00. The number of hydrogen-bond acceptors (Lipinski definition) is 5. The predicted octanol–water partition coefficient (Wildman–Crippen LogP) is 4.31. The lowest BCUT2D eigenvalue weighted by molar-refractivity contribution is 0.0692. The summed E-state index contributed by atoms with van der Waals surface area (Å²) in [6.07, 6.45) is 4.42. The number of carboxylic acid groups (broad SMARTS) is 1. The van der Waals surface area contributed by atoms with E-state index in [4.69, 9.17) is 4.74 Å². The van der Waals surface area contributed by atoms with Gasteiger partial charge in [-0.3, -0.25) is 8.51 Å². The van der Waals surface area contributed by atoms with E-state index >= 15 is 0 Å². The summed E-state index contributed by atoms with van der Waals surface area (Å²) in [6, 6.07) is 6.96. The van der Waals surface area contributed by atoms with Gasteiger partial charge in [-0.15, -0.1) is 0 Å². The molecule has 176 valence electrons. The fourth-order valence-electron chi connectivity index (χ4n) is 4.36. The maximum atomic E-state index is 14.1. The van der Waals surface area contributed by atoms with Gasteiger partial charge >= 0.3 is 5.97 Å². The minimum atomic E-state index is -2.87. The molecule has 3 atom stereocenters. The Morgan fingerprint density at radius 2 is 2.00 bits per heavy atom. The van der Waals surface area contributed by atoms with Gasteiger partial charge in [0.15, 0.2) is 0 Å². The van der Waals surface area contributed by atoms with Crippen molar-refractivity contribution in [3.05, 3.63) is 58.9 Å². The first-order valence-electron chi connectivity index (χ1n) is 11.0. The summed E-state index contributed by atoms with van der Waals surface area (Å²) in [5.41, 5.74) is 1.03. The van der Waals surface area contributed by atoms with E-state index in [1.54, 1.807) is 12.1 Å². The highest BCUT2D eigenvalue weighted by molar-refractivity contribution is 7.81. The minimum Gasteiger partial charge on any atom is -0.755 e. The van der Waals surface area contributed by atoms with Crippen LogP contribution in [0.5, 0.6) is 5.75 Å². The Bertz CT molecular complexity index is 1120. The van der Waals surface area contributed by atoms with Gasteiger partial charge in [0, 0.05) is 18.0 Å². The van der Waals surface area contributed by atoms with Crippen LogP contribution in [-0.4, -0.2) is 51.0 Å². The predicted molar refractivity (Wildman–Crippen MR) is 124 cm³/mol. The van der Waals surface area contributed by atoms with Crippen LogP contribution in [0.25, 0.3) is 6.08 Å². The van der Waals surface area contributed by atoms with Crippen LogP contribution in [0.4, 0.5) is 15.8 Å². The average molecular weight is 474 g/mol. The molecule has 0 radical (unpaired) electrons. The molecule has 1 N–H and O–H groups in total. The number of carboxylic acids is 1. The van der Waals surface area contributed by atoms with E-state index in [0.717, 1.165) is 35.4 Å². The van der Waals surface area contributed by atoms with E-state index in [0.29, 0.717) is 24.6 Å². The molecule has 0 spiro atoms. The number of fused-ring (bicyclic) bond motifs is 3. The first kappa shape index (κ1) is 23.4. The molecule has 1 aliphatic heterocycles. The van der Waals surface area contributed by atoms with Crippen molar-refractivity contribution in [1.29, 1.82) is 0 Å². The molecular formula is C24H26FN2O5S-. The van der Waals surface area contributed by atoms with Crippen LogP contribution in [0, 0.1) is 11.7 Å². The number of ether oxygens (including phenoxy) is 1. The molecule has 0 amide bonds. The Balaban J connectivity index is 1.80. The Hall–Kier alpha value is -2.75. The van der Waals surface area contributed by atoms with Crippen molar-refractivity contribution in [3.63, 3.8) is 0 Å². The first-order chi connectivity index (χ1) is 15.8. The number of likely N-dealkylation sites (N-methyl/N-ethyl adjacent to an activating group) is 1. The second-order valence-electron chi connectivity index (χ2n) is 8.20. The third-order valence-corrected chi connectivity index (χ3v) is 6.97. The van der Waals surface area contributed by atoms with Gasteiger partial charge in [-0.05, 0) is 55.3 Å². The molecule has 9 heteroatoms. The van der Waals surface area contributed by atoms with Gasteiger partial charge in [0.1, 0.15) is 17.1 Å². The molecule has 33 heavy (non-hydrogen) atoms. The highest BCUT2D eigenvalue weighted by atomic mass is 32.2. The molecule has 1 heterocycles. The van der Waals surface area contributed by atoms with E-state index in [1.807, 2.05) is 19.9 Å². The van der Waals surface area contributed by atoms with E-state index < -0.39 is 23.1 Å². The standard InChI is InChI=1S/C24H27FN2O5S/c1-3-26(4-2)11-5-6-15-12-17(25)7-9-20(15)27(33(30)31)21-10-8-18-19-13-16(19)14-32-23(18)22(21)24(28)29/h5-10,12,16,19H,3-4,11,13-14H2,1-2H3,(H,28,29)(H,30,31)/p-1. The Kier molecular flexibility index (Phi) is 6.83. The molecule has 3 unspecified atom stereocenters. The van der Waals surface area contributed by atoms with E-state index in [1.165, 1.54) is 18.2 Å². The zero-order chi connectivity index (χ0) is 23.7. The normalized spacial score (nSPS) is 19.7. The highest BCUT2D eigenvalue weighted by Gasteiger charge is 2.45. The van der Waals surface area contributed by atoms with Crippen molar-refractivity contribution in [2.75, 3.05) is 30.5 Å². The molecule has 0 aromatic heterocycles. The molecule has 0 bridgehead atoms. The molecule has 2 aromatic rings. The van der Waals surface area contributed by atoms with Crippen LogP contribution in [0.2, 0.25) is 0 Å². The third kappa shape index (κ3) is 4.66. The molecular weight excluding hydrogens is 447 g/mol. The van der Waals surface area contributed by atoms with Crippen molar-refractivity contribution < 1.29 is 27.8 Å². The minimum absolute atomic E-state index is 0.0429. The lowest BCUT2D eigenvalue weighted by atomic mass is 9.99. The third-order valence-electron chi connectivity index (χ3n) is 6.28. The summed E-state index contributed by atoms with van der Waals surface area (Å²) in [5.74, 6) is -0.956. The summed E-state index contributed by atoms with van der Waals surface area (Å²) >= 11 is -2.87. The number of anilines is 2. The van der Waals surface area contributed by atoms with Crippen LogP contribution in [0.1, 0.15) is 47.7 Å². The van der Waals surface area contributed by atoms with Gasteiger partial charge in [0.2, 0.25) is 0 Å². The number of halogens is 1. The Labute approximate surface area is 194 Å². The largest absolute Gasteiger partial charge is 0.755 e. The number of aromatic carboxylic acids is 1. The molecule has 0 saturated heterocycles. The average Bonchev–Trinajstić information content (AvgIpc) is 3.58. The SMILES string of the molecule is CCN(CC)CC=Cc1cc(F)ccc1N(c1ccc2c(c1C(=O)O)OCC1CC21)S(=O)[O-]. The second kappa shape index (κ2) is 9.62. The van der Waals surface area contributed by atoms with Gasteiger partial charge in [0.05, 0.1) is 29.2 Å². The fraction of sp³-hybridized carbons (Fsp3) is 0.375. The second-order valence-corrected chi connectivity index (χ2v) is 9.00. The van der Waals surface area contributed by atoms with Crippen LogP contribution in [0.15, 0.2) is 36.4 Å². The topological polar surface area (TPSA) is 93.1 Å². The quantitative estimate of drug-likeness (QED) is 0.546. The van der Waals surface area contributed by atoms with Crippen molar-refractivity contribution in [2.45, 2.75) is 26.2 Å². The van der Waals surface area contributed by atoms with Gasteiger partial charge in [-0.2, -0.15) is 0 Å². The van der Waals surface area contributed by atoms with Crippen LogP contribution >= 0.6 is 0 Å². The molecule has 1 saturated carbocycles. The summed E-state index contributed by atoms with van der Waals surface area (Å²) in [6.45, 7) is 6.77. The smallest absolute Gasteiger partial charge is 0.341 e. The molecule has 1 fully saturated rings. The lowest BCUT2D eigenvalue weighted by Gasteiger charge is -2.31. The summed E-state index contributed by atoms with van der Waals surface area (Å²) < 4.78 is 45.5. The number of benzene rings is 2. The van der Waals surface area contributed by atoms with Crippen molar-refractivity contribution in [1.82, 2.24) is 4.90 Å². The zero-order valence-electron chi connectivity index (χ0n) is 18.5. The number of nitrogens with zero attached hydrogens (tertiary/aromatic N) is 2. The molecule has 1 aliphatic carbocycles. The van der Waals surface area contributed by atoms with Crippen molar-refractivity contribution in [2.24, 2.45) is 5.92 Å². The molecule has 2 aliphatic rings. The van der Waals surface area contributed by atoms with Crippen LogP contribution < -0.4 is 9.04 Å². The van der Waals surface area contributed by atoms with Crippen LogP contribution in [-0.2, 0) is 11.3 Å². The Morgan fingerprint density at radius 1 is 1.27 bits per heavy atom. The zero-order valence-corrected chi connectivity index (χ0v) is 19.3. The van der Waals surface area contributed by atoms with Crippen molar-refractivity contribution in [3.8, 4) is 5.75 Å². The van der Waals surface area contributed by atoms with Gasteiger partial charge in [-0.1, -0.05) is 32.1 Å².